The third-order valence-electron chi connectivity index (χ3n) is 4.15. The largest absolute Gasteiger partial charge is 0.496 e. The Bertz CT molecular complexity index is 667. The zero-order valence-corrected chi connectivity index (χ0v) is 14.5. The quantitative estimate of drug-likeness (QED) is 0.806. The number of amides is 1. The molecule has 0 radical (unpaired) electrons. The van der Waals surface area contributed by atoms with Crippen molar-refractivity contribution in [3.63, 3.8) is 0 Å². The van der Waals surface area contributed by atoms with Crippen LogP contribution in [0.1, 0.15) is 33.6 Å². The molecule has 5 heteroatoms. The molecule has 0 atom stereocenters. The van der Waals surface area contributed by atoms with E-state index in [0.29, 0.717) is 29.6 Å². The summed E-state index contributed by atoms with van der Waals surface area (Å²) in [5.41, 5.74) is 1.52. The van der Waals surface area contributed by atoms with Gasteiger partial charge in [-0.25, -0.2) is 0 Å². The molecule has 0 aliphatic heterocycles. The van der Waals surface area contributed by atoms with Gasteiger partial charge >= 0.3 is 0 Å². The lowest BCUT2D eigenvalue weighted by Gasteiger charge is -2.23. The van der Waals surface area contributed by atoms with Gasteiger partial charge in [-0.1, -0.05) is 6.07 Å². The molecule has 2 aromatic rings. The Labute approximate surface area is 140 Å². The molecule has 3 rings (SSSR count). The summed E-state index contributed by atoms with van der Waals surface area (Å²) in [6, 6.07) is 8.06. The maximum Gasteiger partial charge on any atom is 0.254 e. The van der Waals surface area contributed by atoms with Crippen molar-refractivity contribution >= 4 is 17.2 Å². The first-order chi connectivity index (χ1) is 11.1. The van der Waals surface area contributed by atoms with E-state index in [4.69, 9.17) is 9.47 Å². The fraction of sp³-hybridized carbons (Fsp3) is 0.389. The topological polar surface area (TPSA) is 38.8 Å². The average Bonchev–Trinajstić information content (AvgIpc) is 3.28. The molecule has 0 spiro atoms. The Morgan fingerprint density at radius 3 is 2.39 bits per heavy atom. The first-order valence-corrected chi connectivity index (χ1v) is 8.58. The van der Waals surface area contributed by atoms with Crippen LogP contribution in [0.15, 0.2) is 29.6 Å². The standard InChI is InChI=1S/C18H21NO3S/c1-12-16(21-2)9-13(10-17(12)22-3)18(20)19(14-6-7-14)11-15-5-4-8-23-15/h4-5,8-10,14H,6-7,11H2,1-3H3. The smallest absolute Gasteiger partial charge is 0.254 e. The Balaban J connectivity index is 1.90. The zero-order valence-electron chi connectivity index (χ0n) is 13.7. The summed E-state index contributed by atoms with van der Waals surface area (Å²) in [6.07, 6.45) is 2.16. The number of rotatable bonds is 6. The molecule has 0 saturated heterocycles. The van der Waals surface area contributed by atoms with E-state index in [2.05, 4.69) is 6.07 Å². The van der Waals surface area contributed by atoms with Gasteiger partial charge in [0.25, 0.3) is 5.91 Å². The minimum atomic E-state index is 0.0394. The fourth-order valence-corrected chi connectivity index (χ4v) is 3.40. The lowest BCUT2D eigenvalue weighted by Crippen LogP contribution is -2.32. The molecule has 1 saturated carbocycles. The van der Waals surface area contributed by atoms with Gasteiger partial charge in [-0.15, -0.1) is 11.3 Å². The van der Waals surface area contributed by atoms with Gasteiger partial charge < -0.3 is 14.4 Å². The molecule has 23 heavy (non-hydrogen) atoms. The molecule has 0 unspecified atom stereocenters. The summed E-state index contributed by atoms with van der Waals surface area (Å²) in [4.78, 5) is 16.2. The molecular formula is C18H21NO3S. The van der Waals surface area contributed by atoms with Crippen LogP contribution in [0.5, 0.6) is 11.5 Å². The first kappa shape index (κ1) is 15.9. The van der Waals surface area contributed by atoms with Crippen molar-refractivity contribution in [1.29, 1.82) is 0 Å². The fourth-order valence-electron chi connectivity index (χ4n) is 2.70. The number of nitrogens with zero attached hydrogens (tertiary/aromatic N) is 1. The summed E-state index contributed by atoms with van der Waals surface area (Å²) in [5.74, 6) is 1.40. The highest BCUT2D eigenvalue weighted by Gasteiger charge is 2.33. The van der Waals surface area contributed by atoms with E-state index in [0.717, 1.165) is 18.4 Å². The van der Waals surface area contributed by atoms with Gasteiger partial charge in [0.2, 0.25) is 0 Å². The molecule has 1 aromatic carbocycles. The predicted molar refractivity (Wildman–Crippen MR) is 91.5 cm³/mol. The SMILES string of the molecule is COc1cc(C(=O)N(Cc2cccs2)C2CC2)cc(OC)c1C. The number of thiophene rings is 1. The van der Waals surface area contributed by atoms with Crippen LogP contribution in [0.25, 0.3) is 0 Å². The van der Waals surface area contributed by atoms with Crippen LogP contribution in [-0.2, 0) is 6.54 Å². The van der Waals surface area contributed by atoms with Crippen molar-refractivity contribution < 1.29 is 14.3 Å². The second-order valence-corrected chi connectivity index (χ2v) is 6.78. The highest BCUT2D eigenvalue weighted by molar-refractivity contribution is 7.09. The van der Waals surface area contributed by atoms with E-state index < -0.39 is 0 Å². The average molecular weight is 331 g/mol. The van der Waals surface area contributed by atoms with Crippen LogP contribution in [0.2, 0.25) is 0 Å². The van der Waals surface area contributed by atoms with E-state index in [1.165, 1.54) is 4.88 Å². The number of carbonyl (C=O) groups excluding carboxylic acids is 1. The van der Waals surface area contributed by atoms with E-state index >= 15 is 0 Å². The number of methoxy groups -OCH3 is 2. The lowest BCUT2D eigenvalue weighted by atomic mass is 10.1. The molecule has 1 aliphatic carbocycles. The van der Waals surface area contributed by atoms with E-state index in [-0.39, 0.29) is 5.91 Å². The zero-order chi connectivity index (χ0) is 16.4. The molecule has 0 bridgehead atoms. The van der Waals surface area contributed by atoms with Crippen molar-refractivity contribution in [3.05, 3.63) is 45.6 Å². The monoisotopic (exact) mass is 331 g/mol. The highest BCUT2D eigenvalue weighted by atomic mass is 32.1. The van der Waals surface area contributed by atoms with Crippen molar-refractivity contribution in [2.24, 2.45) is 0 Å². The van der Waals surface area contributed by atoms with Gasteiger partial charge in [-0.3, -0.25) is 4.79 Å². The van der Waals surface area contributed by atoms with Crippen LogP contribution < -0.4 is 9.47 Å². The summed E-state index contributed by atoms with van der Waals surface area (Å²) < 4.78 is 10.8. The second-order valence-electron chi connectivity index (χ2n) is 5.75. The van der Waals surface area contributed by atoms with Crippen molar-refractivity contribution in [2.75, 3.05) is 14.2 Å². The third-order valence-corrected chi connectivity index (χ3v) is 5.02. The van der Waals surface area contributed by atoms with Gasteiger partial charge in [-0.2, -0.15) is 0 Å². The Morgan fingerprint density at radius 1 is 1.26 bits per heavy atom. The van der Waals surface area contributed by atoms with Gasteiger partial charge in [-0.05, 0) is 43.3 Å². The summed E-state index contributed by atoms with van der Waals surface area (Å²) in [5, 5.41) is 2.04. The summed E-state index contributed by atoms with van der Waals surface area (Å²) in [6.45, 7) is 2.59. The van der Waals surface area contributed by atoms with Gasteiger partial charge in [0.15, 0.2) is 0 Å². The van der Waals surface area contributed by atoms with Crippen LogP contribution in [0.4, 0.5) is 0 Å². The molecule has 0 N–H and O–H groups in total. The van der Waals surface area contributed by atoms with Gasteiger partial charge in [0, 0.05) is 22.0 Å². The third kappa shape index (κ3) is 3.34. The van der Waals surface area contributed by atoms with Crippen LogP contribution >= 0.6 is 11.3 Å². The minimum Gasteiger partial charge on any atom is -0.496 e. The molecule has 1 heterocycles. The number of carbonyl (C=O) groups is 1. The Morgan fingerprint density at radius 2 is 1.91 bits per heavy atom. The summed E-state index contributed by atoms with van der Waals surface area (Å²) >= 11 is 1.68. The first-order valence-electron chi connectivity index (χ1n) is 7.70. The van der Waals surface area contributed by atoms with E-state index in [9.17, 15) is 4.79 Å². The minimum absolute atomic E-state index is 0.0394. The summed E-state index contributed by atoms with van der Waals surface area (Å²) in [7, 11) is 3.22. The van der Waals surface area contributed by atoms with Crippen LogP contribution in [-0.4, -0.2) is 31.1 Å². The molecular weight excluding hydrogens is 310 g/mol. The predicted octanol–water partition coefficient (Wildman–Crippen LogP) is 3.88. The maximum absolute atomic E-state index is 13.0. The van der Waals surface area contributed by atoms with Crippen LogP contribution in [0, 0.1) is 6.92 Å². The second kappa shape index (κ2) is 6.62. The van der Waals surface area contributed by atoms with Crippen molar-refractivity contribution in [3.8, 4) is 11.5 Å². The van der Waals surface area contributed by atoms with Gasteiger partial charge in [0.1, 0.15) is 11.5 Å². The molecule has 1 aliphatic rings. The number of benzene rings is 1. The maximum atomic E-state index is 13.0. The number of hydrogen-bond donors (Lipinski definition) is 0. The Hall–Kier alpha value is -2.01. The van der Waals surface area contributed by atoms with Crippen LogP contribution in [0.3, 0.4) is 0 Å². The molecule has 1 fully saturated rings. The number of hydrogen-bond acceptors (Lipinski definition) is 4. The lowest BCUT2D eigenvalue weighted by molar-refractivity contribution is 0.0731. The highest BCUT2D eigenvalue weighted by Crippen LogP contribution is 2.34. The molecule has 122 valence electrons. The molecule has 1 amide bonds. The van der Waals surface area contributed by atoms with Gasteiger partial charge in [0.05, 0.1) is 20.8 Å². The Kier molecular flexibility index (Phi) is 4.57. The van der Waals surface area contributed by atoms with E-state index in [1.807, 2.05) is 35.4 Å². The van der Waals surface area contributed by atoms with Crippen molar-refractivity contribution in [2.45, 2.75) is 32.4 Å². The van der Waals surface area contributed by atoms with E-state index in [1.54, 1.807) is 25.6 Å². The molecule has 1 aromatic heterocycles. The van der Waals surface area contributed by atoms with Crippen molar-refractivity contribution in [1.82, 2.24) is 4.90 Å². The molecule has 4 nitrogen and oxygen atoms in total. The normalized spacial score (nSPS) is 13.7. The number of ether oxygens (including phenoxy) is 2.